The van der Waals surface area contributed by atoms with Crippen LogP contribution in [0.2, 0.25) is 0 Å². The van der Waals surface area contributed by atoms with Crippen molar-refractivity contribution >= 4 is 11.9 Å². The Kier molecular flexibility index (Phi) is 6.24. The number of aliphatic hydroxyl groups excluding tert-OH is 2. The van der Waals surface area contributed by atoms with Gasteiger partial charge < -0.3 is 30.2 Å². The van der Waals surface area contributed by atoms with Crippen molar-refractivity contribution in [2.24, 2.45) is 11.7 Å². The molecule has 4 N–H and O–H groups in total. The second-order valence-corrected chi connectivity index (χ2v) is 4.46. The van der Waals surface area contributed by atoms with E-state index in [0.717, 1.165) is 12.2 Å². The Morgan fingerprint density at radius 1 is 1.35 bits per heavy atom. The predicted molar refractivity (Wildman–Crippen MR) is 66.1 cm³/mol. The summed E-state index contributed by atoms with van der Waals surface area (Å²) in [6.45, 7) is 1.65. The Labute approximate surface area is 116 Å². The van der Waals surface area contributed by atoms with E-state index in [2.05, 4.69) is 4.74 Å². The minimum absolute atomic E-state index is 0.134. The maximum absolute atomic E-state index is 9.92. The van der Waals surface area contributed by atoms with E-state index in [-0.39, 0.29) is 12.5 Å². The SMILES string of the molecule is CO[C@@H]1OC(CO)[C@@H](C)[C@H](O)C1N.O=C1C=CC(=O)O1. The first kappa shape index (κ1) is 16.7. The predicted octanol–water partition coefficient (Wildman–Crippen LogP) is -1.70. The molecule has 2 aliphatic rings. The summed E-state index contributed by atoms with van der Waals surface area (Å²) < 4.78 is 14.2. The van der Waals surface area contributed by atoms with Gasteiger partial charge in [-0.25, -0.2) is 9.59 Å². The number of methoxy groups -OCH3 is 1. The molecule has 0 bridgehead atoms. The highest BCUT2D eigenvalue weighted by molar-refractivity contribution is 6.04. The number of ether oxygens (including phenoxy) is 3. The van der Waals surface area contributed by atoms with E-state index in [1.54, 1.807) is 6.92 Å². The Morgan fingerprint density at radius 2 is 1.90 bits per heavy atom. The van der Waals surface area contributed by atoms with E-state index in [1.165, 1.54) is 7.11 Å². The van der Waals surface area contributed by atoms with Crippen LogP contribution < -0.4 is 5.73 Å². The first-order valence-corrected chi connectivity index (χ1v) is 6.07. The van der Waals surface area contributed by atoms with Crippen molar-refractivity contribution in [1.82, 2.24) is 0 Å². The van der Waals surface area contributed by atoms with Crippen molar-refractivity contribution in [2.45, 2.75) is 31.5 Å². The van der Waals surface area contributed by atoms with Crippen LogP contribution in [0.25, 0.3) is 0 Å². The van der Waals surface area contributed by atoms with Gasteiger partial charge in [-0.1, -0.05) is 6.92 Å². The van der Waals surface area contributed by atoms with Crippen LogP contribution >= 0.6 is 0 Å². The Bertz CT molecular complexity index is 348. The Balaban J connectivity index is 0.000000240. The van der Waals surface area contributed by atoms with E-state index in [1.807, 2.05) is 0 Å². The Hall–Kier alpha value is -1.32. The summed E-state index contributed by atoms with van der Waals surface area (Å²) in [6, 6.07) is -0.553. The van der Waals surface area contributed by atoms with Gasteiger partial charge in [0, 0.05) is 25.2 Å². The van der Waals surface area contributed by atoms with Gasteiger partial charge in [0.1, 0.15) is 0 Å². The number of hydrogen-bond donors (Lipinski definition) is 3. The average Bonchev–Trinajstić information content (AvgIpc) is 2.81. The number of carbonyl (C=O) groups is 2. The number of nitrogens with two attached hydrogens (primary N) is 1. The summed E-state index contributed by atoms with van der Waals surface area (Å²) in [5.41, 5.74) is 5.66. The van der Waals surface area contributed by atoms with Crippen molar-refractivity contribution in [3.8, 4) is 0 Å². The lowest BCUT2D eigenvalue weighted by molar-refractivity contribution is -0.240. The molecule has 0 aromatic heterocycles. The molecule has 1 saturated heterocycles. The topological polar surface area (TPSA) is 128 Å². The first-order chi connectivity index (χ1) is 9.40. The highest BCUT2D eigenvalue weighted by Crippen LogP contribution is 2.24. The van der Waals surface area contributed by atoms with E-state index in [9.17, 15) is 14.7 Å². The molecule has 2 rings (SSSR count). The van der Waals surface area contributed by atoms with Crippen LogP contribution in [0, 0.1) is 5.92 Å². The largest absolute Gasteiger partial charge is 0.394 e. The number of aliphatic hydroxyl groups is 2. The standard InChI is InChI=1S/C8H17NO4.C4H2O3/c1-4-5(3-10)13-8(12-2)6(9)7(4)11;5-3-1-2-4(6)7-3/h4-8,10-11H,3,9H2,1-2H3;1-2H/t4-,5?,6?,7+,8-;/m1./s1. The highest BCUT2D eigenvalue weighted by Gasteiger charge is 2.40. The second-order valence-electron chi connectivity index (χ2n) is 4.46. The number of hydrogen-bond acceptors (Lipinski definition) is 8. The fourth-order valence-electron chi connectivity index (χ4n) is 1.84. The summed E-state index contributed by atoms with van der Waals surface area (Å²) in [5.74, 6) is -1.33. The molecule has 0 aliphatic carbocycles. The molecule has 0 radical (unpaired) electrons. The van der Waals surface area contributed by atoms with Crippen LogP contribution in [0.5, 0.6) is 0 Å². The number of cyclic esters (lactones) is 2. The molecule has 20 heavy (non-hydrogen) atoms. The smallest absolute Gasteiger partial charge is 0.338 e. The monoisotopic (exact) mass is 289 g/mol. The van der Waals surface area contributed by atoms with Gasteiger partial charge in [-0.05, 0) is 0 Å². The lowest BCUT2D eigenvalue weighted by Gasteiger charge is -2.40. The molecular weight excluding hydrogens is 270 g/mol. The zero-order valence-corrected chi connectivity index (χ0v) is 11.3. The molecule has 5 atom stereocenters. The molecule has 114 valence electrons. The van der Waals surface area contributed by atoms with Gasteiger partial charge in [-0.2, -0.15) is 0 Å². The van der Waals surface area contributed by atoms with Crippen LogP contribution in [0.1, 0.15) is 6.92 Å². The van der Waals surface area contributed by atoms with E-state index in [4.69, 9.17) is 20.3 Å². The average molecular weight is 289 g/mol. The van der Waals surface area contributed by atoms with Gasteiger partial charge >= 0.3 is 11.9 Å². The fourth-order valence-corrected chi connectivity index (χ4v) is 1.84. The zero-order chi connectivity index (χ0) is 15.3. The van der Waals surface area contributed by atoms with Crippen LogP contribution in [0.15, 0.2) is 12.2 Å². The summed E-state index contributed by atoms with van der Waals surface area (Å²) in [6.07, 6.45) is 0.434. The summed E-state index contributed by atoms with van der Waals surface area (Å²) in [7, 11) is 1.46. The summed E-state index contributed by atoms with van der Waals surface area (Å²) >= 11 is 0. The maximum Gasteiger partial charge on any atom is 0.338 e. The molecule has 2 aliphatic heterocycles. The molecule has 2 heterocycles. The lowest BCUT2D eigenvalue weighted by atomic mass is 9.90. The summed E-state index contributed by atoms with van der Waals surface area (Å²) in [4.78, 5) is 19.8. The number of esters is 2. The van der Waals surface area contributed by atoms with Crippen molar-refractivity contribution in [3.05, 3.63) is 12.2 Å². The van der Waals surface area contributed by atoms with Crippen molar-refractivity contribution in [2.75, 3.05) is 13.7 Å². The molecule has 8 heteroatoms. The van der Waals surface area contributed by atoms with Crippen LogP contribution in [-0.4, -0.2) is 60.4 Å². The molecule has 2 unspecified atom stereocenters. The lowest BCUT2D eigenvalue weighted by Crippen LogP contribution is -2.58. The third-order valence-electron chi connectivity index (χ3n) is 3.11. The van der Waals surface area contributed by atoms with Crippen LogP contribution in [0.4, 0.5) is 0 Å². The zero-order valence-electron chi connectivity index (χ0n) is 11.3. The molecular formula is C12H19NO7. The van der Waals surface area contributed by atoms with Crippen LogP contribution in [0.3, 0.4) is 0 Å². The molecule has 1 fully saturated rings. The molecule has 0 amide bonds. The normalized spacial score (nSPS) is 36.4. The van der Waals surface area contributed by atoms with Crippen molar-refractivity contribution in [3.63, 3.8) is 0 Å². The number of carbonyl (C=O) groups excluding carboxylic acids is 2. The third kappa shape index (κ3) is 4.09. The second kappa shape index (κ2) is 7.46. The van der Waals surface area contributed by atoms with Gasteiger partial charge in [0.05, 0.1) is 24.9 Å². The van der Waals surface area contributed by atoms with Gasteiger partial charge in [0.25, 0.3) is 0 Å². The fraction of sp³-hybridized carbons (Fsp3) is 0.667. The van der Waals surface area contributed by atoms with E-state index < -0.39 is 36.5 Å². The molecule has 0 aromatic rings. The van der Waals surface area contributed by atoms with E-state index >= 15 is 0 Å². The molecule has 0 saturated carbocycles. The molecule has 8 nitrogen and oxygen atoms in total. The minimum atomic E-state index is -0.698. The highest BCUT2D eigenvalue weighted by atomic mass is 16.7. The molecule has 0 aromatic carbocycles. The van der Waals surface area contributed by atoms with Gasteiger partial charge in [-0.15, -0.1) is 0 Å². The molecule has 0 spiro atoms. The Morgan fingerprint density at radius 3 is 2.25 bits per heavy atom. The third-order valence-corrected chi connectivity index (χ3v) is 3.11. The van der Waals surface area contributed by atoms with Gasteiger partial charge in [0.15, 0.2) is 6.29 Å². The van der Waals surface area contributed by atoms with Crippen molar-refractivity contribution < 1.29 is 34.0 Å². The van der Waals surface area contributed by atoms with Gasteiger partial charge in [0.2, 0.25) is 0 Å². The van der Waals surface area contributed by atoms with Crippen molar-refractivity contribution in [1.29, 1.82) is 0 Å². The maximum atomic E-state index is 9.92. The minimum Gasteiger partial charge on any atom is -0.394 e. The quantitative estimate of drug-likeness (QED) is 0.405. The van der Waals surface area contributed by atoms with E-state index in [0.29, 0.717) is 0 Å². The summed E-state index contributed by atoms with van der Waals surface area (Å²) in [5, 5.41) is 18.6. The number of rotatable bonds is 2. The first-order valence-electron chi connectivity index (χ1n) is 6.07. The van der Waals surface area contributed by atoms with Gasteiger partial charge in [-0.3, -0.25) is 0 Å². The van der Waals surface area contributed by atoms with Crippen LogP contribution in [-0.2, 0) is 23.8 Å².